The third-order valence-electron chi connectivity index (χ3n) is 2.95. The maximum atomic E-state index is 3.60. The smallest absolute Gasteiger partial charge is 0.0302 e. The summed E-state index contributed by atoms with van der Waals surface area (Å²) < 4.78 is 0. The normalized spacial score (nSPS) is 12.9. The standard InChI is InChI=1S/C14H19NS2/c1-10-9-14(12(3)17-10)11(2)15-7-6-13-5-4-8-16-13/h4-5,8-9,11,15H,6-7H2,1-3H3. The van der Waals surface area contributed by atoms with Gasteiger partial charge in [-0.15, -0.1) is 22.7 Å². The molecule has 1 atom stereocenters. The topological polar surface area (TPSA) is 12.0 Å². The summed E-state index contributed by atoms with van der Waals surface area (Å²) in [6.45, 7) is 7.70. The Morgan fingerprint density at radius 3 is 2.76 bits per heavy atom. The number of hydrogen-bond donors (Lipinski definition) is 1. The van der Waals surface area contributed by atoms with E-state index in [0.29, 0.717) is 6.04 Å². The number of nitrogens with one attached hydrogen (secondary N) is 1. The molecule has 2 aromatic rings. The SMILES string of the molecule is Cc1cc(C(C)NCCc2cccs2)c(C)s1. The highest BCUT2D eigenvalue weighted by Gasteiger charge is 2.10. The quantitative estimate of drug-likeness (QED) is 0.849. The molecule has 0 amide bonds. The van der Waals surface area contributed by atoms with Crippen LogP contribution in [0.1, 0.15) is 33.2 Å². The average molecular weight is 265 g/mol. The Hall–Kier alpha value is -0.640. The molecule has 0 aliphatic rings. The van der Waals surface area contributed by atoms with E-state index < -0.39 is 0 Å². The van der Waals surface area contributed by atoms with E-state index >= 15 is 0 Å². The van der Waals surface area contributed by atoms with Crippen molar-refractivity contribution in [2.24, 2.45) is 0 Å². The van der Waals surface area contributed by atoms with Crippen molar-refractivity contribution in [3.8, 4) is 0 Å². The van der Waals surface area contributed by atoms with Crippen molar-refractivity contribution in [1.29, 1.82) is 0 Å². The Morgan fingerprint density at radius 1 is 1.35 bits per heavy atom. The van der Waals surface area contributed by atoms with Crippen LogP contribution in [0.2, 0.25) is 0 Å². The summed E-state index contributed by atoms with van der Waals surface area (Å²) in [7, 11) is 0. The van der Waals surface area contributed by atoms with E-state index in [-0.39, 0.29) is 0 Å². The van der Waals surface area contributed by atoms with E-state index in [4.69, 9.17) is 0 Å². The number of rotatable bonds is 5. The van der Waals surface area contributed by atoms with Gasteiger partial charge in [0.05, 0.1) is 0 Å². The monoisotopic (exact) mass is 265 g/mol. The molecule has 0 saturated carbocycles. The fourth-order valence-electron chi connectivity index (χ4n) is 2.06. The van der Waals surface area contributed by atoms with Crippen molar-refractivity contribution in [3.05, 3.63) is 43.8 Å². The van der Waals surface area contributed by atoms with Gasteiger partial charge in [0.1, 0.15) is 0 Å². The van der Waals surface area contributed by atoms with E-state index in [1.807, 2.05) is 22.7 Å². The fourth-order valence-corrected chi connectivity index (χ4v) is 3.79. The van der Waals surface area contributed by atoms with Crippen molar-refractivity contribution >= 4 is 22.7 Å². The van der Waals surface area contributed by atoms with E-state index in [9.17, 15) is 0 Å². The lowest BCUT2D eigenvalue weighted by atomic mass is 10.1. The molecule has 0 spiro atoms. The first-order valence-electron chi connectivity index (χ1n) is 5.99. The summed E-state index contributed by atoms with van der Waals surface area (Å²) in [4.78, 5) is 4.31. The fraction of sp³-hybridized carbons (Fsp3) is 0.429. The molecule has 17 heavy (non-hydrogen) atoms. The molecule has 2 heterocycles. The zero-order valence-corrected chi connectivity index (χ0v) is 12.3. The van der Waals surface area contributed by atoms with E-state index in [1.54, 1.807) is 0 Å². The Labute approximate surface area is 112 Å². The van der Waals surface area contributed by atoms with Gasteiger partial charge in [0, 0.05) is 27.2 Å². The first-order valence-corrected chi connectivity index (χ1v) is 7.69. The second-order valence-corrected chi connectivity index (χ2v) is 6.87. The summed E-state index contributed by atoms with van der Waals surface area (Å²) in [5.74, 6) is 0. The minimum Gasteiger partial charge on any atom is -0.310 e. The molecular formula is C14H19NS2. The zero-order valence-electron chi connectivity index (χ0n) is 10.6. The van der Waals surface area contributed by atoms with Gasteiger partial charge in [-0.25, -0.2) is 0 Å². The van der Waals surface area contributed by atoms with Gasteiger partial charge in [-0.3, -0.25) is 0 Å². The lowest BCUT2D eigenvalue weighted by Gasteiger charge is -2.13. The van der Waals surface area contributed by atoms with Crippen molar-refractivity contribution < 1.29 is 0 Å². The third-order valence-corrected chi connectivity index (χ3v) is 4.87. The summed E-state index contributed by atoms with van der Waals surface area (Å²) in [6.07, 6.45) is 1.13. The van der Waals surface area contributed by atoms with Crippen LogP contribution in [0, 0.1) is 13.8 Å². The zero-order chi connectivity index (χ0) is 12.3. The lowest BCUT2D eigenvalue weighted by molar-refractivity contribution is 0.578. The molecule has 0 aromatic carbocycles. The van der Waals surface area contributed by atoms with Crippen LogP contribution in [0.15, 0.2) is 23.6 Å². The summed E-state index contributed by atoms with van der Waals surface area (Å²) in [6, 6.07) is 7.09. The first kappa shape index (κ1) is 12.8. The van der Waals surface area contributed by atoms with Crippen molar-refractivity contribution in [2.45, 2.75) is 33.2 Å². The summed E-state index contributed by atoms with van der Waals surface area (Å²) in [5, 5.41) is 5.75. The molecule has 3 heteroatoms. The Morgan fingerprint density at radius 2 is 2.18 bits per heavy atom. The van der Waals surface area contributed by atoms with Crippen molar-refractivity contribution in [2.75, 3.05) is 6.54 Å². The van der Waals surface area contributed by atoms with Gasteiger partial charge < -0.3 is 5.32 Å². The van der Waals surface area contributed by atoms with Crippen molar-refractivity contribution in [3.63, 3.8) is 0 Å². The predicted molar refractivity (Wildman–Crippen MR) is 78.2 cm³/mol. The molecule has 0 aliphatic heterocycles. The third kappa shape index (κ3) is 3.41. The van der Waals surface area contributed by atoms with E-state index in [1.165, 1.54) is 20.2 Å². The maximum Gasteiger partial charge on any atom is 0.0302 e. The molecule has 0 aliphatic carbocycles. The second-order valence-electron chi connectivity index (χ2n) is 4.37. The molecule has 2 rings (SSSR count). The van der Waals surface area contributed by atoms with Crippen LogP contribution >= 0.6 is 22.7 Å². The Bertz CT molecular complexity index is 457. The van der Waals surface area contributed by atoms with Gasteiger partial charge in [0.25, 0.3) is 0 Å². The largest absolute Gasteiger partial charge is 0.310 e. The molecule has 2 aromatic heterocycles. The van der Waals surface area contributed by atoms with E-state index in [0.717, 1.165) is 13.0 Å². The Kier molecular flexibility index (Phi) is 4.37. The minimum absolute atomic E-state index is 0.458. The van der Waals surface area contributed by atoms with E-state index in [2.05, 4.69) is 49.7 Å². The summed E-state index contributed by atoms with van der Waals surface area (Å²) >= 11 is 3.73. The van der Waals surface area contributed by atoms with Gasteiger partial charge in [-0.05, 0) is 50.3 Å². The second kappa shape index (κ2) is 5.80. The molecule has 0 saturated heterocycles. The van der Waals surface area contributed by atoms with Gasteiger partial charge in [0.15, 0.2) is 0 Å². The molecule has 1 unspecified atom stereocenters. The van der Waals surface area contributed by atoms with Crippen molar-refractivity contribution in [1.82, 2.24) is 5.32 Å². The number of thiophene rings is 2. The van der Waals surface area contributed by atoms with Gasteiger partial charge >= 0.3 is 0 Å². The van der Waals surface area contributed by atoms with Gasteiger partial charge in [-0.2, -0.15) is 0 Å². The highest BCUT2D eigenvalue weighted by Crippen LogP contribution is 2.26. The molecule has 0 fully saturated rings. The highest BCUT2D eigenvalue weighted by molar-refractivity contribution is 7.12. The van der Waals surface area contributed by atoms with Gasteiger partial charge in [-0.1, -0.05) is 6.07 Å². The van der Waals surface area contributed by atoms with Gasteiger partial charge in [0.2, 0.25) is 0 Å². The minimum atomic E-state index is 0.458. The first-order chi connectivity index (χ1) is 8.16. The van der Waals surface area contributed by atoms with Crippen LogP contribution in [0.4, 0.5) is 0 Å². The van der Waals surface area contributed by atoms with Crippen LogP contribution < -0.4 is 5.32 Å². The van der Waals surface area contributed by atoms with Crippen LogP contribution in [-0.4, -0.2) is 6.54 Å². The molecular weight excluding hydrogens is 246 g/mol. The highest BCUT2D eigenvalue weighted by atomic mass is 32.1. The average Bonchev–Trinajstić information content (AvgIpc) is 2.88. The molecule has 0 radical (unpaired) electrons. The lowest BCUT2D eigenvalue weighted by Crippen LogP contribution is -2.21. The predicted octanol–water partition coefficient (Wildman–Crippen LogP) is 4.32. The maximum absolute atomic E-state index is 3.60. The number of hydrogen-bond acceptors (Lipinski definition) is 3. The molecule has 1 N–H and O–H groups in total. The van der Waals surface area contributed by atoms with Crippen LogP contribution in [0.25, 0.3) is 0 Å². The number of aryl methyl sites for hydroxylation is 2. The van der Waals surface area contributed by atoms with Crippen LogP contribution in [0.5, 0.6) is 0 Å². The summed E-state index contributed by atoms with van der Waals surface area (Å²) in [5.41, 5.74) is 1.46. The molecule has 92 valence electrons. The molecule has 1 nitrogen and oxygen atoms in total. The molecule has 0 bridgehead atoms. The Balaban J connectivity index is 1.85. The van der Waals surface area contributed by atoms with Crippen LogP contribution in [-0.2, 0) is 6.42 Å². The van der Waals surface area contributed by atoms with Crippen LogP contribution in [0.3, 0.4) is 0 Å².